The highest BCUT2D eigenvalue weighted by molar-refractivity contribution is 7.89. The minimum absolute atomic E-state index is 0.0500. The molecule has 2 heterocycles. The molecule has 13 heteroatoms. The third-order valence-electron chi connectivity index (χ3n) is 7.42. The van der Waals surface area contributed by atoms with Crippen molar-refractivity contribution in [2.45, 2.75) is 44.3 Å². The SMILES string of the molecule is Cc1cc(C(O)N(C)C)ccc1CCS(=O)(=O)N1CCC2(CC1)N=C(c1cccc(OC(F)(F)F)c1)N=C2N(C)C. The van der Waals surface area contributed by atoms with E-state index in [1.54, 1.807) is 25.1 Å². The highest BCUT2D eigenvalue weighted by Crippen LogP contribution is 2.36. The minimum Gasteiger partial charge on any atom is -0.406 e. The standard InChI is InChI=1S/C28H36F3N5O4S/c1-19-17-22(25(37)34(2)3)10-9-20(19)11-16-41(38,39)36-14-12-27(13-15-36)26(35(4)5)32-24(33-27)21-7-6-8-23(18-21)40-28(29,30)31/h6-10,17-18,25,37H,11-16H2,1-5H3. The molecule has 0 bridgehead atoms. The normalized spacial score (nSPS) is 18.4. The van der Waals surface area contributed by atoms with E-state index < -0.39 is 28.2 Å². The van der Waals surface area contributed by atoms with Crippen molar-refractivity contribution in [2.24, 2.45) is 9.98 Å². The third kappa shape index (κ3) is 7.08. The molecule has 224 valence electrons. The van der Waals surface area contributed by atoms with Crippen LogP contribution in [0.5, 0.6) is 5.75 Å². The van der Waals surface area contributed by atoms with Gasteiger partial charge in [-0.25, -0.2) is 17.7 Å². The van der Waals surface area contributed by atoms with Crippen molar-refractivity contribution in [1.82, 2.24) is 14.1 Å². The molecule has 0 amide bonds. The molecule has 1 saturated heterocycles. The first-order chi connectivity index (χ1) is 19.1. The van der Waals surface area contributed by atoms with Crippen molar-refractivity contribution < 1.29 is 31.4 Å². The quantitative estimate of drug-likeness (QED) is 0.469. The Hall–Kier alpha value is -3.00. The van der Waals surface area contributed by atoms with Crippen molar-refractivity contribution in [3.63, 3.8) is 0 Å². The van der Waals surface area contributed by atoms with E-state index in [1.165, 1.54) is 22.5 Å². The summed E-state index contributed by atoms with van der Waals surface area (Å²) in [6.07, 6.45) is -4.43. The van der Waals surface area contributed by atoms with Gasteiger partial charge in [0.1, 0.15) is 23.4 Å². The number of alkyl halides is 3. The van der Waals surface area contributed by atoms with Crippen LogP contribution in [0.2, 0.25) is 0 Å². The lowest BCUT2D eigenvalue weighted by atomic mass is 9.87. The first-order valence-electron chi connectivity index (χ1n) is 13.2. The van der Waals surface area contributed by atoms with Gasteiger partial charge in [0.25, 0.3) is 0 Å². The fraction of sp³-hybridized carbons (Fsp3) is 0.500. The number of rotatable bonds is 8. The van der Waals surface area contributed by atoms with Crippen molar-refractivity contribution in [2.75, 3.05) is 47.0 Å². The predicted octanol–water partition coefficient (Wildman–Crippen LogP) is 3.57. The van der Waals surface area contributed by atoms with Crippen molar-refractivity contribution in [3.05, 3.63) is 64.7 Å². The third-order valence-corrected chi connectivity index (χ3v) is 9.30. The number of ether oxygens (including phenoxy) is 1. The molecule has 2 aromatic rings. The number of hydrogen-bond donors (Lipinski definition) is 1. The molecule has 0 radical (unpaired) electrons. The molecule has 1 fully saturated rings. The first kappa shape index (κ1) is 30.9. The summed E-state index contributed by atoms with van der Waals surface area (Å²) < 4.78 is 70.3. The van der Waals surface area contributed by atoms with E-state index in [-0.39, 0.29) is 30.4 Å². The summed E-state index contributed by atoms with van der Waals surface area (Å²) in [4.78, 5) is 13.0. The fourth-order valence-corrected chi connectivity index (χ4v) is 6.73. The van der Waals surface area contributed by atoms with Gasteiger partial charge < -0.3 is 14.7 Å². The second-order valence-electron chi connectivity index (χ2n) is 10.9. The van der Waals surface area contributed by atoms with Crippen LogP contribution in [0.15, 0.2) is 52.4 Å². The van der Waals surface area contributed by atoms with Crippen LogP contribution < -0.4 is 4.74 Å². The van der Waals surface area contributed by atoms with E-state index in [2.05, 4.69) is 9.73 Å². The van der Waals surface area contributed by atoms with Crippen LogP contribution in [0, 0.1) is 6.92 Å². The topological polar surface area (TPSA) is 98.0 Å². The molecule has 1 unspecified atom stereocenters. The fourth-order valence-electron chi connectivity index (χ4n) is 5.26. The number of aliphatic hydroxyl groups is 1. The van der Waals surface area contributed by atoms with Gasteiger partial charge in [-0.3, -0.25) is 9.89 Å². The highest BCUT2D eigenvalue weighted by Gasteiger charge is 2.46. The number of benzene rings is 2. The Morgan fingerprint density at radius 1 is 1.10 bits per heavy atom. The first-order valence-corrected chi connectivity index (χ1v) is 14.9. The summed E-state index contributed by atoms with van der Waals surface area (Å²) in [5, 5.41) is 10.3. The van der Waals surface area contributed by atoms with Gasteiger partial charge in [0, 0.05) is 32.7 Å². The Kier molecular flexibility index (Phi) is 8.84. The van der Waals surface area contributed by atoms with Gasteiger partial charge in [-0.05, 0) is 69.1 Å². The van der Waals surface area contributed by atoms with Crippen LogP contribution >= 0.6 is 0 Å². The average molecular weight is 596 g/mol. The van der Waals surface area contributed by atoms with Gasteiger partial charge >= 0.3 is 6.36 Å². The number of aliphatic imine (C=N–C) groups is 2. The Labute approximate surface area is 239 Å². The summed E-state index contributed by atoms with van der Waals surface area (Å²) in [5.74, 6) is 0.518. The Morgan fingerprint density at radius 2 is 1.78 bits per heavy atom. The second-order valence-corrected chi connectivity index (χ2v) is 12.9. The molecule has 1 N–H and O–H groups in total. The Bertz CT molecular complexity index is 1430. The average Bonchev–Trinajstić information content (AvgIpc) is 3.26. The van der Waals surface area contributed by atoms with Gasteiger partial charge in [-0.15, -0.1) is 13.2 Å². The molecule has 2 aliphatic heterocycles. The van der Waals surface area contributed by atoms with E-state index in [9.17, 15) is 26.7 Å². The van der Waals surface area contributed by atoms with Crippen LogP contribution in [0.3, 0.4) is 0 Å². The number of halogens is 3. The number of likely N-dealkylation sites (N-methyl/N-ethyl adjacent to an activating group) is 1. The lowest BCUT2D eigenvalue weighted by Gasteiger charge is -2.39. The van der Waals surface area contributed by atoms with Crippen molar-refractivity contribution in [3.8, 4) is 5.75 Å². The molecular weight excluding hydrogens is 559 g/mol. The summed E-state index contributed by atoms with van der Waals surface area (Å²) in [6.45, 7) is 2.40. The molecule has 2 aromatic carbocycles. The molecule has 1 spiro atoms. The zero-order chi connectivity index (χ0) is 30.2. The van der Waals surface area contributed by atoms with Gasteiger partial charge in [0.15, 0.2) is 5.84 Å². The largest absolute Gasteiger partial charge is 0.573 e. The number of amidine groups is 2. The predicted molar refractivity (Wildman–Crippen MR) is 152 cm³/mol. The van der Waals surface area contributed by atoms with Gasteiger partial charge in [-0.1, -0.05) is 30.3 Å². The summed E-state index contributed by atoms with van der Waals surface area (Å²) in [5.41, 5.74) is 2.18. The molecule has 0 saturated carbocycles. The number of hydrogen-bond acceptors (Lipinski definition) is 8. The molecule has 4 rings (SSSR count). The maximum atomic E-state index is 13.3. The highest BCUT2D eigenvalue weighted by atomic mass is 32.2. The van der Waals surface area contributed by atoms with Crippen LogP contribution in [0.25, 0.3) is 0 Å². The van der Waals surface area contributed by atoms with Crippen LogP contribution in [-0.2, 0) is 16.4 Å². The van der Waals surface area contributed by atoms with Gasteiger partial charge in [0.05, 0.1) is 5.75 Å². The molecular formula is C28H36F3N5O4S. The molecule has 9 nitrogen and oxygen atoms in total. The van der Waals surface area contributed by atoms with E-state index in [4.69, 9.17) is 4.99 Å². The molecule has 41 heavy (non-hydrogen) atoms. The van der Waals surface area contributed by atoms with Gasteiger partial charge in [0.2, 0.25) is 10.0 Å². The van der Waals surface area contributed by atoms with E-state index in [1.807, 2.05) is 44.1 Å². The van der Waals surface area contributed by atoms with E-state index >= 15 is 0 Å². The van der Waals surface area contributed by atoms with Crippen molar-refractivity contribution >= 4 is 21.7 Å². The smallest absolute Gasteiger partial charge is 0.406 e. The minimum atomic E-state index is -4.82. The monoisotopic (exact) mass is 595 g/mol. The molecule has 0 aliphatic carbocycles. The number of sulfonamides is 1. The summed E-state index contributed by atoms with van der Waals surface area (Å²) in [6, 6.07) is 11.1. The molecule has 2 aliphatic rings. The lowest BCUT2D eigenvalue weighted by molar-refractivity contribution is -0.274. The lowest BCUT2D eigenvalue weighted by Crippen LogP contribution is -2.52. The second kappa shape index (κ2) is 11.7. The zero-order valence-electron chi connectivity index (χ0n) is 23.8. The van der Waals surface area contributed by atoms with E-state index in [0.29, 0.717) is 30.7 Å². The van der Waals surface area contributed by atoms with Crippen LogP contribution in [0.4, 0.5) is 13.2 Å². The summed E-state index contributed by atoms with van der Waals surface area (Å²) >= 11 is 0. The Morgan fingerprint density at radius 3 is 2.37 bits per heavy atom. The summed E-state index contributed by atoms with van der Waals surface area (Å²) in [7, 11) is 3.63. The number of aliphatic hydroxyl groups excluding tert-OH is 1. The number of piperidine rings is 1. The van der Waals surface area contributed by atoms with Gasteiger partial charge in [-0.2, -0.15) is 0 Å². The maximum Gasteiger partial charge on any atom is 0.573 e. The van der Waals surface area contributed by atoms with E-state index in [0.717, 1.165) is 16.7 Å². The number of aryl methyl sites for hydroxylation is 2. The molecule has 0 aromatic heterocycles. The van der Waals surface area contributed by atoms with Crippen LogP contribution in [-0.4, -0.2) is 98.2 Å². The van der Waals surface area contributed by atoms with Crippen LogP contribution in [0.1, 0.15) is 41.3 Å². The Balaban J connectivity index is 1.46. The molecule has 1 atom stereocenters. The zero-order valence-corrected chi connectivity index (χ0v) is 24.6. The van der Waals surface area contributed by atoms with Crippen molar-refractivity contribution in [1.29, 1.82) is 0 Å². The maximum absolute atomic E-state index is 13.3. The number of nitrogens with zero attached hydrogens (tertiary/aromatic N) is 5.